The van der Waals surface area contributed by atoms with Gasteiger partial charge in [0.05, 0.1) is 16.8 Å². The molecule has 1 aromatic rings. The van der Waals surface area contributed by atoms with Gasteiger partial charge in [0, 0.05) is 26.2 Å². The molecule has 1 heterocycles. The van der Waals surface area contributed by atoms with Gasteiger partial charge in [-0.05, 0) is 31.7 Å². The van der Waals surface area contributed by atoms with E-state index in [1.54, 1.807) is 6.92 Å². The monoisotopic (exact) mass is 297 g/mol. The van der Waals surface area contributed by atoms with Gasteiger partial charge in [-0.1, -0.05) is 17.7 Å². The van der Waals surface area contributed by atoms with E-state index in [0.717, 1.165) is 37.4 Å². The molecule has 1 aliphatic rings. The number of piperazine rings is 1. The number of hydrogen-bond acceptors (Lipinski definition) is 3. The lowest BCUT2D eigenvalue weighted by molar-refractivity contribution is 0.191. The molecule has 1 amide bonds. The molecule has 1 fully saturated rings. The van der Waals surface area contributed by atoms with Gasteiger partial charge < -0.3 is 20.2 Å². The summed E-state index contributed by atoms with van der Waals surface area (Å²) in [4.78, 5) is 15.2. The van der Waals surface area contributed by atoms with E-state index >= 15 is 0 Å². The van der Waals surface area contributed by atoms with Gasteiger partial charge in [0.15, 0.2) is 0 Å². The third-order valence-corrected chi connectivity index (χ3v) is 3.96. The minimum atomic E-state index is -1.03. The Kier molecular flexibility index (Phi) is 4.73. The second kappa shape index (κ2) is 6.33. The highest BCUT2D eigenvalue weighted by atomic mass is 35.5. The number of carbonyl (C=O) groups is 1. The first kappa shape index (κ1) is 14.9. The largest absolute Gasteiger partial charge is 0.465 e. The van der Waals surface area contributed by atoms with Crippen LogP contribution >= 0.6 is 11.6 Å². The zero-order chi connectivity index (χ0) is 14.7. The van der Waals surface area contributed by atoms with E-state index in [-0.39, 0.29) is 6.04 Å². The number of anilines is 1. The molecule has 6 heteroatoms. The Hall–Kier alpha value is -1.46. The molecule has 2 rings (SSSR count). The number of carboxylic acid groups (broad SMARTS) is 1. The fourth-order valence-corrected chi connectivity index (χ4v) is 2.67. The van der Waals surface area contributed by atoms with E-state index in [1.807, 2.05) is 18.2 Å². The molecule has 5 nitrogen and oxygen atoms in total. The average Bonchev–Trinajstić information content (AvgIpc) is 2.39. The van der Waals surface area contributed by atoms with Crippen molar-refractivity contribution in [3.05, 3.63) is 28.8 Å². The fourth-order valence-electron chi connectivity index (χ4n) is 2.36. The number of amides is 1. The van der Waals surface area contributed by atoms with Crippen molar-refractivity contribution in [2.24, 2.45) is 0 Å². The van der Waals surface area contributed by atoms with Crippen molar-refractivity contribution in [1.82, 2.24) is 10.2 Å². The normalized spacial score (nSPS) is 17.9. The van der Waals surface area contributed by atoms with Crippen LogP contribution in [0.1, 0.15) is 18.5 Å². The number of halogens is 1. The number of benzene rings is 1. The predicted molar refractivity (Wildman–Crippen MR) is 80.7 cm³/mol. The van der Waals surface area contributed by atoms with Gasteiger partial charge >= 0.3 is 6.09 Å². The molecule has 2 N–H and O–H groups in total. The summed E-state index contributed by atoms with van der Waals surface area (Å²) >= 11 is 6.35. The average molecular weight is 298 g/mol. The van der Waals surface area contributed by atoms with Gasteiger partial charge in [-0.25, -0.2) is 4.79 Å². The van der Waals surface area contributed by atoms with Gasteiger partial charge in [-0.15, -0.1) is 0 Å². The Morgan fingerprint density at radius 1 is 1.35 bits per heavy atom. The van der Waals surface area contributed by atoms with Crippen LogP contribution in [0.4, 0.5) is 10.5 Å². The SMILES string of the molecule is C[C@H](NC(=O)O)c1ccc(N2CCN(C)CC2)c(Cl)c1. The van der Waals surface area contributed by atoms with Crippen molar-refractivity contribution in [3.63, 3.8) is 0 Å². The van der Waals surface area contributed by atoms with Crippen LogP contribution in [0.5, 0.6) is 0 Å². The molecular formula is C14H20ClN3O2. The number of nitrogens with one attached hydrogen (secondary N) is 1. The van der Waals surface area contributed by atoms with E-state index in [1.165, 1.54) is 0 Å². The summed E-state index contributed by atoms with van der Waals surface area (Å²) in [7, 11) is 2.11. The predicted octanol–water partition coefficient (Wildman–Crippen LogP) is 2.42. The second-order valence-electron chi connectivity index (χ2n) is 5.17. The standard InChI is InChI=1S/C14H20ClN3O2/c1-10(16-14(19)20)11-3-4-13(12(15)9-11)18-7-5-17(2)6-8-18/h3-4,9-10,16H,5-8H2,1-2H3,(H,19,20)/t10-/m0/s1. The highest BCUT2D eigenvalue weighted by molar-refractivity contribution is 6.33. The van der Waals surface area contributed by atoms with E-state index in [2.05, 4.69) is 22.2 Å². The lowest BCUT2D eigenvalue weighted by Crippen LogP contribution is -2.44. The van der Waals surface area contributed by atoms with E-state index in [0.29, 0.717) is 5.02 Å². The maximum Gasteiger partial charge on any atom is 0.405 e. The first-order valence-electron chi connectivity index (χ1n) is 6.70. The zero-order valence-corrected chi connectivity index (χ0v) is 12.5. The summed E-state index contributed by atoms with van der Waals surface area (Å²) in [5.74, 6) is 0. The molecule has 0 aromatic heterocycles. The summed E-state index contributed by atoms with van der Waals surface area (Å²) in [6.07, 6.45) is -1.03. The molecule has 0 radical (unpaired) electrons. The number of likely N-dealkylation sites (N-methyl/N-ethyl adjacent to an activating group) is 1. The van der Waals surface area contributed by atoms with Crippen molar-refractivity contribution >= 4 is 23.4 Å². The van der Waals surface area contributed by atoms with Gasteiger partial charge in [0.1, 0.15) is 0 Å². The molecule has 0 saturated carbocycles. The lowest BCUT2D eigenvalue weighted by atomic mass is 10.1. The van der Waals surface area contributed by atoms with Gasteiger partial charge in [0.25, 0.3) is 0 Å². The number of rotatable bonds is 3. The van der Waals surface area contributed by atoms with Crippen LogP contribution in [-0.2, 0) is 0 Å². The Bertz CT molecular complexity index is 487. The topological polar surface area (TPSA) is 55.8 Å². The molecule has 20 heavy (non-hydrogen) atoms. The van der Waals surface area contributed by atoms with Gasteiger partial charge in [0.2, 0.25) is 0 Å². The van der Waals surface area contributed by atoms with Crippen LogP contribution in [-0.4, -0.2) is 49.3 Å². The number of hydrogen-bond donors (Lipinski definition) is 2. The molecule has 0 spiro atoms. The van der Waals surface area contributed by atoms with E-state index in [9.17, 15) is 4.79 Å². The molecule has 1 saturated heterocycles. The summed E-state index contributed by atoms with van der Waals surface area (Å²) in [5, 5.41) is 11.8. The van der Waals surface area contributed by atoms with Crippen LogP contribution in [0.2, 0.25) is 5.02 Å². The molecular weight excluding hydrogens is 278 g/mol. The molecule has 0 aliphatic carbocycles. The molecule has 110 valence electrons. The smallest absolute Gasteiger partial charge is 0.405 e. The molecule has 0 bridgehead atoms. The third-order valence-electron chi connectivity index (χ3n) is 3.66. The highest BCUT2D eigenvalue weighted by Crippen LogP contribution is 2.29. The minimum absolute atomic E-state index is 0.272. The zero-order valence-electron chi connectivity index (χ0n) is 11.8. The van der Waals surface area contributed by atoms with Gasteiger partial charge in [-0.3, -0.25) is 0 Å². The van der Waals surface area contributed by atoms with E-state index < -0.39 is 6.09 Å². The van der Waals surface area contributed by atoms with Gasteiger partial charge in [-0.2, -0.15) is 0 Å². The Morgan fingerprint density at radius 3 is 2.55 bits per heavy atom. The first-order chi connectivity index (χ1) is 9.47. The van der Waals surface area contributed by atoms with Crippen LogP contribution in [0, 0.1) is 0 Å². The second-order valence-corrected chi connectivity index (χ2v) is 5.58. The van der Waals surface area contributed by atoms with Crippen LogP contribution in [0.25, 0.3) is 0 Å². The molecule has 1 aliphatic heterocycles. The van der Waals surface area contributed by atoms with Crippen molar-refractivity contribution < 1.29 is 9.90 Å². The molecule has 1 aromatic carbocycles. The summed E-state index contributed by atoms with van der Waals surface area (Å²) < 4.78 is 0. The maximum atomic E-state index is 10.7. The van der Waals surface area contributed by atoms with Crippen molar-refractivity contribution in [1.29, 1.82) is 0 Å². The van der Waals surface area contributed by atoms with Crippen molar-refractivity contribution in [3.8, 4) is 0 Å². The minimum Gasteiger partial charge on any atom is -0.465 e. The first-order valence-corrected chi connectivity index (χ1v) is 7.07. The number of nitrogens with zero attached hydrogens (tertiary/aromatic N) is 2. The lowest BCUT2D eigenvalue weighted by Gasteiger charge is -2.34. The Balaban J connectivity index is 2.11. The van der Waals surface area contributed by atoms with Crippen molar-refractivity contribution in [2.45, 2.75) is 13.0 Å². The Morgan fingerprint density at radius 2 is 2.00 bits per heavy atom. The quantitative estimate of drug-likeness (QED) is 0.900. The summed E-state index contributed by atoms with van der Waals surface area (Å²) in [6, 6.07) is 5.48. The van der Waals surface area contributed by atoms with Crippen LogP contribution in [0.15, 0.2) is 18.2 Å². The van der Waals surface area contributed by atoms with Crippen LogP contribution in [0.3, 0.4) is 0 Å². The van der Waals surface area contributed by atoms with Crippen molar-refractivity contribution in [2.75, 3.05) is 38.1 Å². The van der Waals surface area contributed by atoms with E-state index in [4.69, 9.17) is 16.7 Å². The molecule has 0 unspecified atom stereocenters. The fraction of sp³-hybridized carbons (Fsp3) is 0.500. The summed E-state index contributed by atoms with van der Waals surface area (Å²) in [5.41, 5.74) is 1.89. The summed E-state index contributed by atoms with van der Waals surface area (Å²) in [6.45, 7) is 5.76. The maximum absolute atomic E-state index is 10.7. The van der Waals surface area contributed by atoms with Crippen LogP contribution < -0.4 is 10.2 Å². The Labute approximate surface area is 124 Å². The molecule has 1 atom stereocenters. The highest BCUT2D eigenvalue weighted by Gasteiger charge is 2.17. The third kappa shape index (κ3) is 3.55.